The van der Waals surface area contributed by atoms with E-state index in [1.807, 2.05) is 13.8 Å². The van der Waals surface area contributed by atoms with Gasteiger partial charge < -0.3 is 20.5 Å². The van der Waals surface area contributed by atoms with Gasteiger partial charge in [0.05, 0.1) is 7.11 Å². The summed E-state index contributed by atoms with van der Waals surface area (Å²) in [7, 11) is 1.48. The van der Waals surface area contributed by atoms with Crippen LogP contribution in [0.5, 0.6) is 11.5 Å². The lowest BCUT2D eigenvalue weighted by atomic mass is 9.84. The smallest absolute Gasteiger partial charge is 0.255 e. The lowest BCUT2D eigenvalue weighted by Gasteiger charge is -2.27. The van der Waals surface area contributed by atoms with Crippen molar-refractivity contribution < 1.29 is 19.1 Å². The van der Waals surface area contributed by atoms with E-state index in [9.17, 15) is 9.59 Å². The summed E-state index contributed by atoms with van der Waals surface area (Å²) in [6.45, 7) is 4.02. The van der Waals surface area contributed by atoms with Crippen molar-refractivity contribution in [2.75, 3.05) is 20.3 Å². The van der Waals surface area contributed by atoms with Crippen LogP contribution in [0.25, 0.3) is 6.08 Å². The molecule has 0 radical (unpaired) electrons. The number of nitrogens with two attached hydrogens (primary N) is 1. The van der Waals surface area contributed by atoms with E-state index in [1.54, 1.807) is 42.5 Å². The molecular formula is C22H24Cl2N2O4. The van der Waals surface area contributed by atoms with E-state index in [-0.39, 0.29) is 12.5 Å². The molecule has 0 aliphatic carbocycles. The van der Waals surface area contributed by atoms with E-state index in [0.29, 0.717) is 28.1 Å². The Morgan fingerprint density at radius 2 is 1.80 bits per heavy atom. The number of carbonyl (C=O) groups excluding carboxylic acids is 2. The third-order valence-corrected chi connectivity index (χ3v) is 4.96. The average Bonchev–Trinajstić information content (AvgIpc) is 2.69. The molecule has 160 valence electrons. The van der Waals surface area contributed by atoms with Gasteiger partial charge >= 0.3 is 0 Å². The first-order valence-electron chi connectivity index (χ1n) is 9.13. The normalized spacial score (nSPS) is 11.4. The topological polar surface area (TPSA) is 90.7 Å². The van der Waals surface area contributed by atoms with Crippen molar-refractivity contribution in [1.29, 1.82) is 0 Å². The highest BCUT2D eigenvalue weighted by molar-refractivity contribution is 6.36. The molecule has 0 aromatic heterocycles. The summed E-state index contributed by atoms with van der Waals surface area (Å²) in [6, 6.07) is 10.4. The molecule has 0 fully saturated rings. The van der Waals surface area contributed by atoms with Crippen LogP contribution in [0.1, 0.15) is 25.0 Å². The number of primary amides is 1. The molecule has 0 bridgehead atoms. The van der Waals surface area contributed by atoms with Crippen LogP contribution in [0.2, 0.25) is 10.0 Å². The van der Waals surface area contributed by atoms with Crippen molar-refractivity contribution in [3.8, 4) is 11.5 Å². The number of carbonyl (C=O) groups is 2. The molecule has 0 unspecified atom stereocenters. The Morgan fingerprint density at radius 3 is 2.40 bits per heavy atom. The SMILES string of the molecule is COc1cc(/C=C/C(=O)NCC(C)(C)c2c(Cl)cccc2Cl)ccc1OCC(N)=O. The number of nitrogens with one attached hydrogen (secondary N) is 1. The van der Waals surface area contributed by atoms with Gasteiger partial charge in [-0.25, -0.2) is 0 Å². The van der Waals surface area contributed by atoms with Crippen LogP contribution in [0.4, 0.5) is 0 Å². The van der Waals surface area contributed by atoms with E-state index in [0.717, 1.165) is 11.1 Å². The van der Waals surface area contributed by atoms with Gasteiger partial charge in [0, 0.05) is 28.1 Å². The maximum atomic E-state index is 12.3. The number of methoxy groups -OCH3 is 1. The van der Waals surface area contributed by atoms with Crippen molar-refractivity contribution in [2.24, 2.45) is 5.73 Å². The third kappa shape index (κ3) is 6.40. The second-order valence-corrected chi connectivity index (χ2v) is 8.01. The molecule has 0 atom stereocenters. The van der Waals surface area contributed by atoms with Gasteiger partial charge in [-0.15, -0.1) is 0 Å². The van der Waals surface area contributed by atoms with Gasteiger partial charge in [-0.2, -0.15) is 0 Å². The highest BCUT2D eigenvalue weighted by atomic mass is 35.5. The second-order valence-electron chi connectivity index (χ2n) is 7.20. The number of amides is 2. The molecule has 2 aromatic rings. The van der Waals surface area contributed by atoms with Crippen molar-refractivity contribution in [2.45, 2.75) is 19.3 Å². The monoisotopic (exact) mass is 450 g/mol. The van der Waals surface area contributed by atoms with E-state index in [1.165, 1.54) is 13.2 Å². The molecule has 0 aliphatic rings. The molecule has 8 heteroatoms. The van der Waals surface area contributed by atoms with Crippen LogP contribution in [-0.4, -0.2) is 32.1 Å². The number of benzene rings is 2. The highest BCUT2D eigenvalue weighted by Crippen LogP contribution is 2.35. The quantitative estimate of drug-likeness (QED) is 0.565. The minimum Gasteiger partial charge on any atom is -0.493 e. The molecule has 2 rings (SSSR count). The Morgan fingerprint density at radius 1 is 1.13 bits per heavy atom. The highest BCUT2D eigenvalue weighted by Gasteiger charge is 2.26. The molecule has 0 aliphatic heterocycles. The predicted molar refractivity (Wildman–Crippen MR) is 119 cm³/mol. The number of halogens is 2. The summed E-state index contributed by atoms with van der Waals surface area (Å²) in [4.78, 5) is 23.2. The first kappa shape index (κ1) is 23.6. The van der Waals surface area contributed by atoms with Crippen molar-refractivity contribution in [1.82, 2.24) is 5.32 Å². The Kier molecular flexibility index (Phi) is 8.15. The minimum absolute atomic E-state index is 0.251. The van der Waals surface area contributed by atoms with Gasteiger partial charge in [0.25, 0.3) is 5.91 Å². The summed E-state index contributed by atoms with van der Waals surface area (Å²) in [5.41, 5.74) is 6.13. The lowest BCUT2D eigenvalue weighted by Crippen LogP contribution is -2.36. The van der Waals surface area contributed by atoms with Gasteiger partial charge in [-0.3, -0.25) is 9.59 Å². The number of hydrogen-bond acceptors (Lipinski definition) is 4. The minimum atomic E-state index is -0.585. The second kappa shape index (κ2) is 10.4. The molecular weight excluding hydrogens is 427 g/mol. The van der Waals surface area contributed by atoms with Gasteiger partial charge in [0.15, 0.2) is 18.1 Å². The van der Waals surface area contributed by atoms with E-state index < -0.39 is 11.3 Å². The summed E-state index contributed by atoms with van der Waals surface area (Å²) >= 11 is 12.6. The molecule has 2 aromatic carbocycles. The molecule has 0 saturated carbocycles. The molecule has 6 nitrogen and oxygen atoms in total. The summed E-state index contributed by atoms with van der Waals surface area (Å²) in [5, 5.41) is 3.99. The molecule has 30 heavy (non-hydrogen) atoms. The van der Waals surface area contributed by atoms with Crippen LogP contribution in [-0.2, 0) is 15.0 Å². The average molecular weight is 451 g/mol. The Hall–Kier alpha value is -2.70. The zero-order valence-corrected chi connectivity index (χ0v) is 18.5. The third-order valence-electron chi connectivity index (χ3n) is 4.33. The van der Waals surface area contributed by atoms with E-state index >= 15 is 0 Å². The van der Waals surface area contributed by atoms with Crippen LogP contribution in [0.15, 0.2) is 42.5 Å². The summed E-state index contributed by atoms with van der Waals surface area (Å²) < 4.78 is 10.5. The number of ether oxygens (including phenoxy) is 2. The van der Waals surface area contributed by atoms with E-state index in [4.69, 9.17) is 38.4 Å². The Balaban J connectivity index is 2.03. The van der Waals surface area contributed by atoms with E-state index in [2.05, 4.69) is 5.32 Å². The van der Waals surface area contributed by atoms with Crippen molar-refractivity contribution in [3.05, 3.63) is 63.6 Å². The molecule has 0 spiro atoms. The molecule has 0 saturated heterocycles. The molecule has 3 N–H and O–H groups in total. The van der Waals surface area contributed by atoms with Crippen LogP contribution >= 0.6 is 23.2 Å². The Labute approximate surface area is 185 Å². The van der Waals surface area contributed by atoms with Crippen molar-refractivity contribution >= 4 is 41.1 Å². The largest absolute Gasteiger partial charge is 0.493 e. The van der Waals surface area contributed by atoms with Gasteiger partial charge in [0.1, 0.15) is 0 Å². The fourth-order valence-electron chi connectivity index (χ4n) is 2.83. The fourth-order valence-corrected chi connectivity index (χ4v) is 3.74. The predicted octanol–water partition coefficient (Wildman–Crippen LogP) is 3.97. The standard InChI is InChI=1S/C22H24Cl2N2O4/c1-22(2,21-15(23)5-4-6-16(21)24)13-26-20(28)10-8-14-7-9-17(18(11-14)29-3)30-12-19(25)27/h4-11H,12-13H2,1-3H3,(H2,25,27)(H,26,28)/b10-8+. The summed E-state index contributed by atoms with van der Waals surface area (Å²) in [6.07, 6.45) is 3.06. The summed E-state index contributed by atoms with van der Waals surface area (Å²) in [5.74, 6) is -0.0393. The maximum Gasteiger partial charge on any atom is 0.255 e. The van der Waals surface area contributed by atoms with Crippen LogP contribution in [0.3, 0.4) is 0 Å². The van der Waals surface area contributed by atoms with Gasteiger partial charge in [0.2, 0.25) is 5.91 Å². The van der Waals surface area contributed by atoms with Crippen LogP contribution in [0, 0.1) is 0 Å². The van der Waals surface area contributed by atoms with Crippen LogP contribution < -0.4 is 20.5 Å². The lowest BCUT2D eigenvalue weighted by molar-refractivity contribution is -0.120. The van der Waals surface area contributed by atoms with Gasteiger partial charge in [-0.05, 0) is 41.5 Å². The maximum absolute atomic E-state index is 12.3. The number of rotatable bonds is 9. The first-order chi connectivity index (χ1) is 14.1. The first-order valence-corrected chi connectivity index (χ1v) is 9.89. The van der Waals surface area contributed by atoms with Gasteiger partial charge in [-0.1, -0.05) is 49.2 Å². The fraction of sp³-hybridized carbons (Fsp3) is 0.273. The molecule has 2 amide bonds. The Bertz CT molecular complexity index is 938. The zero-order chi connectivity index (χ0) is 22.3. The van der Waals surface area contributed by atoms with Crippen molar-refractivity contribution in [3.63, 3.8) is 0 Å². The number of hydrogen-bond donors (Lipinski definition) is 2. The zero-order valence-electron chi connectivity index (χ0n) is 17.0. The molecule has 0 heterocycles.